The van der Waals surface area contributed by atoms with Gasteiger partial charge in [0, 0.05) is 24.2 Å². The highest BCUT2D eigenvalue weighted by Crippen LogP contribution is 2.44. The number of nitrogens with zero attached hydrogens (tertiary/aromatic N) is 2. The number of hydrogen-bond acceptors (Lipinski definition) is 4. The number of carbonyl (C=O) groups is 1. The zero-order valence-corrected chi connectivity index (χ0v) is 13.4. The van der Waals surface area contributed by atoms with E-state index < -0.39 is 5.82 Å². The van der Waals surface area contributed by atoms with Crippen molar-refractivity contribution in [3.63, 3.8) is 0 Å². The quantitative estimate of drug-likeness (QED) is 0.806. The first-order valence-electron chi connectivity index (χ1n) is 7.79. The summed E-state index contributed by atoms with van der Waals surface area (Å²) in [5.74, 6) is -0.641. The second-order valence-corrected chi connectivity index (χ2v) is 6.97. The molecule has 1 amide bonds. The number of carbonyl (C=O) groups excluding carboxylic acids is 1. The third kappa shape index (κ3) is 2.56. The van der Waals surface area contributed by atoms with Gasteiger partial charge in [-0.25, -0.2) is 4.39 Å². The van der Waals surface area contributed by atoms with Crippen molar-refractivity contribution in [2.24, 2.45) is 0 Å². The van der Waals surface area contributed by atoms with Crippen LogP contribution in [0.1, 0.15) is 33.6 Å². The van der Waals surface area contributed by atoms with Gasteiger partial charge in [0.15, 0.2) is 0 Å². The van der Waals surface area contributed by atoms with Gasteiger partial charge in [0.1, 0.15) is 11.4 Å². The van der Waals surface area contributed by atoms with Gasteiger partial charge < -0.3 is 9.64 Å². The van der Waals surface area contributed by atoms with Crippen molar-refractivity contribution < 1.29 is 13.9 Å². The highest BCUT2D eigenvalue weighted by atomic mass is 32.1. The Morgan fingerprint density at radius 1 is 1.35 bits per heavy atom. The molecule has 0 radical (unpaired) electrons. The van der Waals surface area contributed by atoms with E-state index in [9.17, 15) is 9.18 Å². The predicted octanol–water partition coefficient (Wildman–Crippen LogP) is 2.99. The monoisotopic (exact) mass is 332 g/mol. The number of piperidine rings is 1. The number of thiophene rings is 1. The molecule has 0 atom stereocenters. The molecule has 1 spiro atoms. The minimum atomic E-state index is -0.483. The topological polar surface area (TPSA) is 42.4 Å². The fourth-order valence-corrected chi connectivity index (χ4v) is 4.68. The van der Waals surface area contributed by atoms with Crippen LogP contribution < -0.4 is 0 Å². The van der Waals surface area contributed by atoms with Gasteiger partial charge in [-0.15, -0.1) is 11.3 Å². The van der Waals surface area contributed by atoms with Crippen LogP contribution in [-0.4, -0.2) is 35.5 Å². The first kappa shape index (κ1) is 14.8. The standard InChI is InChI=1S/C17H17FN2O2S/c18-14-9-13(10-19-11-14)16(21)20-5-3-17(4-6-20)15-12(1-7-22-17)2-8-23-15/h2,8-11H,1,3-7H2. The number of ether oxygens (including phenoxy) is 1. The van der Waals surface area contributed by atoms with E-state index >= 15 is 0 Å². The number of hydrogen-bond donors (Lipinski definition) is 0. The molecule has 2 aromatic rings. The molecule has 2 aliphatic heterocycles. The van der Waals surface area contributed by atoms with Crippen molar-refractivity contribution in [1.82, 2.24) is 9.88 Å². The number of aromatic nitrogens is 1. The normalized spacial score (nSPS) is 19.6. The lowest BCUT2D eigenvalue weighted by Crippen LogP contribution is -2.47. The van der Waals surface area contributed by atoms with Crippen LogP contribution in [0.4, 0.5) is 4.39 Å². The van der Waals surface area contributed by atoms with E-state index in [4.69, 9.17) is 4.74 Å². The Hall–Kier alpha value is -1.79. The largest absolute Gasteiger partial charge is 0.369 e. The summed E-state index contributed by atoms with van der Waals surface area (Å²) in [5.41, 5.74) is 1.45. The molecule has 0 saturated carbocycles. The molecule has 6 heteroatoms. The van der Waals surface area contributed by atoms with Crippen molar-refractivity contribution in [1.29, 1.82) is 0 Å². The molecule has 120 valence electrons. The van der Waals surface area contributed by atoms with Crippen LogP contribution in [0.2, 0.25) is 0 Å². The molecular weight excluding hydrogens is 315 g/mol. The van der Waals surface area contributed by atoms with E-state index in [-0.39, 0.29) is 11.5 Å². The SMILES string of the molecule is O=C(c1cncc(F)c1)N1CCC2(CC1)OCCc1ccsc12. The molecule has 0 aromatic carbocycles. The molecule has 2 aliphatic rings. The van der Waals surface area contributed by atoms with E-state index in [1.165, 1.54) is 22.7 Å². The molecule has 0 N–H and O–H groups in total. The van der Waals surface area contributed by atoms with Crippen LogP contribution in [0, 0.1) is 5.82 Å². The Labute approximate surface area is 137 Å². The van der Waals surface area contributed by atoms with E-state index in [1.807, 2.05) is 0 Å². The first-order valence-corrected chi connectivity index (χ1v) is 8.67. The van der Waals surface area contributed by atoms with Crippen molar-refractivity contribution in [2.75, 3.05) is 19.7 Å². The number of pyridine rings is 1. The van der Waals surface area contributed by atoms with Gasteiger partial charge in [-0.2, -0.15) is 0 Å². The average molecular weight is 332 g/mol. The minimum absolute atomic E-state index is 0.158. The summed E-state index contributed by atoms with van der Waals surface area (Å²) < 4.78 is 19.4. The zero-order valence-electron chi connectivity index (χ0n) is 12.6. The summed E-state index contributed by atoms with van der Waals surface area (Å²) in [7, 11) is 0. The Morgan fingerprint density at radius 3 is 2.96 bits per heavy atom. The van der Waals surface area contributed by atoms with Crippen LogP contribution in [-0.2, 0) is 16.8 Å². The van der Waals surface area contributed by atoms with Gasteiger partial charge in [-0.1, -0.05) is 0 Å². The molecule has 4 rings (SSSR count). The molecule has 1 saturated heterocycles. The Morgan fingerprint density at radius 2 is 2.17 bits per heavy atom. The summed E-state index contributed by atoms with van der Waals surface area (Å²) in [6.45, 7) is 1.98. The molecular formula is C17H17FN2O2S. The lowest BCUT2D eigenvalue weighted by atomic mass is 9.85. The Balaban J connectivity index is 1.51. The van der Waals surface area contributed by atoms with Crippen molar-refractivity contribution in [3.05, 3.63) is 51.7 Å². The molecule has 4 nitrogen and oxygen atoms in total. The molecule has 0 aliphatic carbocycles. The number of rotatable bonds is 1. The summed E-state index contributed by atoms with van der Waals surface area (Å²) in [6, 6.07) is 3.43. The Kier molecular flexibility index (Phi) is 3.66. The van der Waals surface area contributed by atoms with Crippen LogP contribution in [0.25, 0.3) is 0 Å². The fraction of sp³-hybridized carbons (Fsp3) is 0.412. The third-order valence-electron chi connectivity index (χ3n) is 4.72. The van der Waals surface area contributed by atoms with E-state index in [1.54, 1.807) is 16.2 Å². The van der Waals surface area contributed by atoms with Gasteiger partial charge in [-0.3, -0.25) is 9.78 Å². The maximum Gasteiger partial charge on any atom is 0.255 e. The fourth-order valence-electron chi connectivity index (χ4n) is 3.51. The first-order chi connectivity index (χ1) is 11.2. The van der Waals surface area contributed by atoms with Crippen LogP contribution in [0.5, 0.6) is 0 Å². The molecule has 23 heavy (non-hydrogen) atoms. The summed E-state index contributed by atoms with van der Waals surface area (Å²) in [6.07, 6.45) is 5.07. The van der Waals surface area contributed by atoms with Crippen LogP contribution in [0.15, 0.2) is 29.9 Å². The second kappa shape index (κ2) is 5.69. The smallest absolute Gasteiger partial charge is 0.255 e. The predicted molar refractivity (Wildman–Crippen MR) is 85.0 cm³/mol. The number of halogens is 1. The number of fused-ring (bicyclic) bond motifs is 2. The second-order valence-electron chi connectivity index (χ2n) is 6.05. The highest BCUT2D eigenvalue weighted by molar-refractivity contribution is 7.10. The van der Waals surface area contributed by atoms with Gasteiger partial charge >= 0.3 is 0 Å². The van der Waals surface area contributed by atoms with Gasteiger partial charge in [0.2, 0.25) is 0 Å². The number of amides is 1. The van der Waals surface area contributed by atoms with Gasteiger partial charge in [0.05, 0.1) is 18.4 Å². The summed E-state index contributed by atoms with van der Waals surface area (Å²) in [5, 5.41) is 2.12. The average Bonchev–Trinajstić information content (AvgIpc) is 3.05. The molecule has 0 unspecified atom stereocenters. The number of likely N-dealkylation sites (tertiary alicyclic amines) is 1. The molecule has 2 aromatic heterocycles. The van der Waals surface area contributed by atoms with Crippen molar-refractivity contribution >= 4 is 17.2 Å². The lowest BCUT2D eigenvalue weighted by Gasteiger charge is -2.43. The van der Waals surface area contributed by atoms with Crippen LogP contribution in [0.3, 0.4) is 0 Å². The maximum atomic E-state index is 13.3. The summed E-state index contributed by atoms with van der Waals surface area (Å²) in [4.78, 5) is 19.4. The van der Waals surface area contributed by atoms with E-state index in [2.05, 4.69) is 16.4 Å². The highest BCUT2D eigenvalue weighted by Gasteiger charge is 2.42. The molecule has 4 heterocycles. The van der Waals surface area contributed by atoms with Crippen molar-refractivity contribution in [2.45, 2.75) is 24.9 Å². The lowest BCUT2D eigenvalue weighted by molar-refractivity contribution is -0.0906. The Bertz CT molecular complexity index is 738. The minimum Gasteiger partial charge on any atom is -0.369 e. The molecule has 1 fully saturated rings. The van der Waals surface area contributed by atoms with Crippen LogP contribution >= 0.6 is 11.3 Å². The van der Waals surface area contributed by atoms with E-state index in [0.717, 1.165) is 32.1 Å². The van der Waals surface area contributed by atoms with Gasteiger partial charge in [0.25, 0.3) is 5.91 Å². The maximum absolute atomic E-state index is 13.3. The van der Waals surface area contributed by atoms with Crippen molar-refractivity contribution in [3.8, 4) is 0 Å². The third-order valence-corrected chi connectivity index (χ3v) is 5.86. The van der Waals surface area contributed by atoms with Gasteiger partial charge in [-0.05, 0) is 42.3 Å². The summed E-state index contributed by atoms with van der Waals surface area (Å²) >= 11 is 1.75. The molecule has 0 bridgehead atoms. The zero-order chi connectivity index (χ0) is 15.9. The van der Waals surface area contributed by atoms with E-state index in [0.29, 0.717) is 18.7 Å².